The Morgan fingerprint density at radius 3 is 2.67 bits per heavy atom. The maximum Gasteiger partial charge on any atom is 0.412 e. The molecule has 3 heterocycles. The third-order valence-corrected chi connectivity index (χ3v) is 3.82. The largest absolute Gasteiger partial charge is 0.412 e. The summed E-state index contributed by atoms with van der Waals surface area (Å²) in [5, 5.41) is 2.34. The summed E-state index contributed by atoms with van der Waals surface area (Å²) in [7, 11) is 0. The van der Waals surface area contributed by atoms with E-state index in [2.05, 4.69) is 10.3 Å². The van der Waals surface area contributed by atoms with Crippen molar-refractivity contribution in [1.29, 1.82) is 0 Å². The first-order valence-electron chi connectivity index (χ1n) is 6.60. The van der Waals surface area contributed by atoms with E-state index in [4.69, 9.17) is 4.74 Å². The number of hydrogen-bond donors (Lipinski definition) is 1. The molecule has 0 aromatic carbocycles. The maximum absolute atomic E-state index is 13.1. The normalized spacial score (nSPS) is 25.6. The van der Waals surface area contributed by atoms with Crippen LogP contribution in [0.4, 0.5) is 24.9 Å². The van der Waals surface area contributed by atoms with E-state index in [1.54, 1.807) is 0 Å². The molecule has 1 aromatic heterocycles. The summed E-state index contributed by atoms with van der Waals surface area (Å²) >= 11 is 0. The maximum atomic E-state index is 13.1. The minimum atomic E-state index is -4.47. The predicted octanol–water partition coefficient (Wildman–Crippen LogP) is 0.826. The molecule has 0 saturated carbocycles. The zero-order valence-corrected chi connectivity index (χ0v) is 11.4. The van der Waals surface area contributed by atoms with Crippen molar-refractivity contribution in [2.24, 2.45) is 0 Å². The molecule has 6 nitrogen and oxygen atoms in total. The summed E-state index contributed by atoms with van der Waals surface area (Å²) < 4.78 is 45.4. The highest BCUT2D eigenvalue weighted by Gasteiger charge is 2.55. The van der Waals surface area contributed by atoms with E-state index in [1.165, 1.54) is 6.07 Å². The number of anilines is 2. The fourth-order valence-corrected chi connectivity index (χ4v) is 2.46. The average Bonchev–Trinajstić information content (AvgIpc) is 2.78. The van der Waals surface area contributed by atoms with Gasteiger partial charge in [-0.25, -0.2) is 0 Å². The summed E-state index contributed by atoms with van der Waals surface area (Å²) in [6.07, 6.45) is -4.47. The quantitative estimate of drug-likeness (QED) is 0.832. The van der Waals surface area contributed by atoms with Crippen molar-refractivity contribution >= 4 is 11.8 Å². The highest BCUT2D eigenvalue weighted by molar-refractivity contribution is 5.47. The average molecular weight is 304 g/mol. The first-order chi connectivity index (χ1) is 9.80. The molecule has 2 aliphatic heterocycles. The molecule has 2 aliphatic rings. The SMILES string of the molecule is CC1(C(F)(F)F)Cn2c(nc(N3CCOCC3)cc2=O)N1. The van der Waals surface area contributed by atoms with Gasteiger partial charge in [0.05, 0.1) is 19.8 Å². The molecule has 1 atom stereocenters. The van der Waals surface area contributed by atoms with Gasteiger partial charge in [0.25, 0.3) is 5.56 Å². The van der Waals surface area contributed by atoms with E-state index in [-0.39, 0.29) is 5.95 Å². The Kier molecular flexibility index (Phi) is 3.12. The molecule has 0 amide bonds. The highest BCUT2D eigenvalue weighted by Crippen LogP contribution is 2.38. The second kappa shape index (κ2) is 4.62. The van der Waals surface area contributed by atoms with Gasteiger partial charge in [0, 0.05) is 19.2 Å². The van der Waals surface area contributed by atoms with Crippen LogP contribution in [0.5, 0.6) is 0 Å². The Bertz CT molecular complexity index is 610. The van der Waals surface area contributed by atoms with Gasteiger partial charge in [-0.1, -0.05) is 0 Å². The van der Waals surface area contributed by atoms with Gasteiger partial charge in [-0.15, -0.1) is 0 Å². The molecule has 1 aromatic rings. The number of rotatable bonds is 1. The van der Waals surface area contributed by atoms with Gasteiger partial charge in [-0.3, -0.25) is 9.36 Å². The van der Waals surface area contributed by atoms with Crippen LogP contribution in [0.15, 0.2) is 10.9 Å². The molecule has 116 valence electrons. The van der Waals surface area contributed by atoms with Crippen molar-refractivity contribution in [1.82, 2.24) is 9.55 Å². The van der Waals surface area contributed by atoms with Gasteiger partial charge in [-0.05, 0) is 6.92 Å². The fraction of sp³-hybridized carbons (Fsp3) is 0.667. The molecule has 21 heavy (non-hydrogen) atoms. The van der Waals surface area contributed by atoms with Crippen LogP contribution in [0.1, 0.15) is 6.92 Å². The second-order valence-corrected chi connectivity index (χ2v) is 5.42. The molecule has 0 radical (unpaired) electrons. The van der Waals surface area contributed by atoms with E-state index in [0.29, 0.717) is 32.1 Å². The number of nitrogens with one attached hydrogen (secondary N) is 1. The number of morpholine rings is 1. The Hall–Kier alpha value is -1.77. The van der Waals surface area contributed by atoms with Gasteiger partial charge >= 0.3 is 6.18 Å². The molecular weight excluding hydrogens is 289 g/mol. The summed E-state index contributed by atoms with van der Waals surface area (Å²) in [5.74, 6) is 0.345. The van der Waals surface area contributed by atoms with Crippen LogP contribution < -0.4 is 15.8 Å². The number of aromatic nitrogens is 2. The lowest BCUT2D eigenvalue weighted by Crippen LogP contribution is -2.48. The third-order valence-electron chi connectivity index (χ3n) is 3.82. The van der Waals surface area contributed by atoms with Gasteiger partial charge in [0.15, 0.2) is 5.54 Å². The summed E-state index contributed by atoms with van der Waals surface area (Å²) in [5.41, 5.74) is -2.66. The number of alkyl halides is 3. The van der Waals surface area contributed by atoms with Crippen LogP contribution >= 0.6 is 0 Å². The number of nitrogens with zero attached hydrogens (tertiary/aromatic N) is 3. The lowest BCUT2D eigenvalue weighted by atomic mass is 10.0. The smallest absolute Gasteiger partial charge is 0.378 e. The van der Waals surface area contributed by atoms with Crippen LogP contribution in [0.25, 0.3) is 0 Å². The van der Waals surface area contributed by atoms with E-state index >= 15 is 0 Å². The molecule has 1 saturated heterocycles. The van der Waals surface area contributed by atoms with Crippen molar-refractivity contribution in [2.75, 3.05) is 36.5 Å². The summed E-state index contributed by atoms with van der Waals surface area (Å²) in [4.78, 5) is 18.0. The Balaban J connectivity index is 1.94. The van der Waals surface area contributed by atoms with Gasteiger partial charge in [-0.2, -0.15) is 18.2 Å². The highest BCUT2D eigenvalue weighted by atomic mass is 19.4. The number of halogens is 3. The standard InChI is InChI=1S/C12H15F3N4O2/c1-11(12(13,14)15)7-19-9(20)6-8(16-10(19)17-11)18-2-4-21-5-3-18/h6H,2-5,7H2,1H3,(H,16,17). The van der Waals surface area contributed by atoms with E-state index in [1.807, 2.05) is 4.90 Å². The lowest BCUT2D eigenvalue weighted by Gasteiger charge is -2.28. The van der Waals surface area contributed by atoms with Crippen molar-refractivity contribution < 1.29 is 17.9 Å². The zero-order valence-electron chi connectivity index (χ0n) is 11.4. The molecule has 1 N–H and O–H groups in total. The monoisotopic (exact) mass is 304 g/mol. The van der Waals surface area contributed by atoms with E-state index < -0.39 is 23.8 Å². The Morgan fingerprint density at radius 2 is 2.05 bits per heavy atom. The number of hydrogen-bond acceptors (Lipinski definition) is 5. The van der Waals surface area contributed by atoms with Crippen LogP contribution in [0, 0.1) is 0 Å². The predicted molar refractivity (Wildman–Crippen MR) is 69.6 cm³/mol. The van der Waals surface area contributed by atoms with Crippen LogP contribution in [0.3, 0.4) is 0 Å². The summed E-state index contributed by atoms with van der Waals surface area (Å²) in [6.45, 7) is 2.69. The first kappa shape index (κ1) is 14.2. The zero-order chi connectivity index (χ0) is 15.3. The van der Waals surface area contributed by atoms with E-state index in [9.17, 15) is 18.0 Å². The molecule has 3 rings (SSSR count). The van der Waals surface area contributed by atoms with Crippen LogP contribution in [0.2, 0.25) is 0 Å². The molecule has 0 aliphatic carbocycles. The minimum Gasteiger partial charge on any atom is -0.378 e. The van der Waals surface area contributed by atoms with Gasteiger partial charge in [0.2, 0.25) is 5.95 Å². The molecule has 1 fully saturated rings. The minimum absolute atomic E-state index is 0.0381. The van der Waals surface area contributed by atoms with Crippen molar-refractivity contribution in [3.05, 3.63) is 16.4 Å². The number of ether oxygens (including phenoxy) is 1. The van der Waals surface area contributed by atoms with Gasteiger partial charge in [0.1, 0.15) is 5.82 Å². The first-order valence-corrected chi connectivity index (χ1v) is 6.60. The second-order valence-electron chi connectivity index (χ2n) is 5.42. The molecular formula is C12H15F3N4O2. The van der Waals surface area contributed by atoms with E-state index in [0.717, 1.165) is 11.5 Å². The van der Waals surface area contributed by atoms with Crippen molar-refractivity contribution in [3.63, 3.8) is 0 Å². The lowest BCUT2D eigenvalue weighted by molar-refractivity contribution is -0.174. The third kappa shape index (κ3) is 2.35. The van der Waals surface area contributed by atoms with Crippen molar-refractivity contribution in [3.8, 4) is 0 Å². The Morgan fingerprint density at radius 1 is 1.38 bits per heavy atom. The molecule has 0 spiro atoms. The molecule has 1 unspecified atom stereocenters. The van der Waals surface area contributed by atoms with Gasteiger partial charge < -0.3 is 15.0 Å². The number of fused-ring (bicyclic) bond motifs is 1. The molecule has 0 bridgehead atoms. The summed E-state index contributed by atoms with van der Waals surface area (Å²) in [6, 6.07) is 1.28. The fourth-order valence-electron chi connectivity index (χ4n) is 2.46. The van der Waals surface area contributed by atoms with Crippen molar-refractivity contribution in [2.45, 2.75) is 25.2 Å². The topological polar surface area (TPSA) is 59.4 Å². The van der Waals surface area contributed by atoms with Crippen LogP contribution in [-0.2, 0) is 11.3 Å². The Labute approximate surface area is 118 Å². The molecule has 9 heteroatoms. The van der Waals surface area contributed by atoms with Crippen LogP contribution in [-0.4, -0.2) is 47.6 Å².